The lowest BCUT2D eigenvalue weighted by Crippen LogP contribution is -2.34. The van der Waals surface area contributed by atoms with E-state index in [0.717, 1.165) is 28.3 Å². The average Bonchev–Trinajstić information content (AvgIpc) is 2.97. The Bertz CT molecular complexity index is 680. The van der Waals surface area contributed by atoms with E-state index in [1.807, 2.05) is 47.4 Å². The van der Waals surface area contributed by atoms with Crippen LogP contribution in [-0.2, 0) is 0 Å². The van der Waals surface area contributed by atoms with Crippen LogP contribution in [0.4, 0.5) is 0 Å². The minimum absolute atomic E-state index is 0. The Balaban J connectivity index is 0.00000208. The molecule has 0 radical (unpaired) electrons. The second-order valence-electron chi connectivity index (χ2n) is 6.06. The summed E-state index contributed by atoms with van der Waals surface area (Å²) in [5, 5.41) is 0. The Morgan fingerprint density at radius 1 is 1.17 bits per heavy atom. The fourth-order valence-corrected chi connectivity index (χ4v) is 4.06. The van der Waals surface area contributed by atoms with Gasteiger partial charge in [0.15, 0.2) is 0 Å². The van der Waals surface area contributed by atoms with E-state index in [4.69, 9.17) is 5.73 Å². The third-order valence-corrected chi connectivity index (χ3v) is 5.43. The molecular formula is C19H23ClN2OS. The molecule has 0 bridgehead atoms. The maximum absolute atomic E-state index is 13.0. The molecule has 1 fully saturated rings. The number of hydrogen-bond donors (Lipinski definition) is 1. The van der Waals surface area contributed by atoms with E-state index in [9.17, 15) is 4.79 Å². The van der Waals surface area contributed by atoms with Crippen molar-refractivity contribution in [3.8, 4) is 0 Å². The summed E-state index contributed by atoms with van der Waals surface area (Å²) in [4.78, 5) is 17.1. The number of benzene rings is 2. The molecule has 3 nitrogen and oxygen atoms in total. The van der Waals surface area contributed by atoms with Crippen molar-refractivity contribution in [2.75, 3.05) is 13.1 Å². The molecule has 2 N–H and O–H groups in total. The number of nitrogens with zero attached hydrogens (tertiary/aromatic N) is 1. The highest BCUT2D eigenvalue weighted by atomic mass is 35.5. The zero-order valence-corrected chi connectivity index (χ0v) is 15.4. The average molecular weight is 363 g/mol. The van der Waals surface area contributed by atoms with Gasteiger partial charge in [-0.3, -0.25) is 4.79 Å². The molecule has 0 aromatic heterocycles. The van der Waals surface area contributed by atoms with Crippen LogP contribution in [0.2, 0.25) is 0 Å². The lowest BCUT2D eigenvalue weighted by molar-refractivity contribution is 0.0740. The predicted octanol–water partition coefficient (Wildman–Crippen LogP) is 4.07. The predicted molar refractivity (Wildman–Crippen MR) is 102 cm³/mol. The van der Waals surface area contributed by atoms with Gasteiger partial charge in [-0.15, -0.1) is 12.4 Å². The summed E-state index contributed by atoms with van der Waals surface area (Å²) in [6, 6.07) is 18.3. The number of carbonyl (C=O) groups excluding carboxylic acids is 1. The summed E-state index contributed by atoms with van der Waals surface area (Å²) in [7, 11) is 0. The van der Waals surface area contributed by atoms with Gasteiger partial charge in [-0.25, -0.2) is 0 Å². The minimum atomic E-state index is 0. The monoisotopic (exact) mass is 362 g/mol. The molecule has 128 valence electrons. The molecule has 1 aliphatic rings. The van der Waals surface area contributed by atoms with Crippen LogP contribution in [0, 0.1) is 5.92 Å². The van der Waals surface area contributed by atoms with Crippen molar-refractivity contribution in [1.29, 1.82) is 0 Å². The number of amides is 1. The molecule has 2 aromatic carbocycles. The molecule has 3 rings (SSSR count). The van der Waals surface area contributed by atoms with Crippen molar-refractivity contribution in [1.82, 2.24) is 4.90 Å². The molecule has 5 heteroatoms. The lowest BCUT2D eigenvalue weighted by Gasteiger charge is -2.22. The third-order valence-electron chi connectivity index (χ3n) is 4.34. The number of rotatable bonds is 4. The number of halogens is 1. The van der Waals surface area contributed by atoms with E-state index in [2.05, 4.69) is 19.1 Å². The number of carbonyl (C=O) groups is 1. The first-order chi connectivity index (χ1) is 11.2. The quantitative estimate of drug-likeness (QED) is 0.891. The zero-order chi connectivity index (χ0) is 16.2. The summed E-state index contributed by atoms with van der Waals surface area (Å²) in [5.74, 6) is 0.537. The molecule has 1 aliphatic heterocycles. The Labute approximate surface area is 154 Å². The Hall–Kier alpha value is -1.49. The van der Waals surface area contributed by atoms with E-state index in [-0.39, 0.29) is 24.4 Å². The first-order valence-corrected chi connectivity index (χ1v) is 8.83. The molecule has 1 heterocycles. The van der Waals surface area contributed by atoms with Crippen LogP contribution in [0.5, 0.6) is 0 Å². The summed E-state index contributed by atoms with van der Waals surface area (Å²) < 4.78 is 0. The van der Waals surface area contributed by atoms with E-state index in [1.54, 1.807) is 11.8 Å². The Morgan fingerprint density at radius 2 is 1.83 bits per heavy atom. The molecule has 1 amide bonds. The maximum atomic E-state index is 13.0. The van der Waals surface area contributed by atoms with Crippen molar-refractivity contribution < 1.29 is 4.79 Å². The molecular weight excluding hydrogens is 340 g/mol. The molecule has 0 saturated carbocycles. The summed E-state index contributed by atoms with van der Waals surface area (Å²) >= 11 is 1.64. The zero-order valence-electron chi connectivity index (χ0n) is 13.7. The van der Waals surface area contributed by atoms with Gasteiger partial charge in [-0.2, -0.15) is 0 Å². The Kier molecular flexibility index (Phi) is 6.72. The highest BCUT2D eigenvalue weighted by Gasteiger charge is 2.32. The van der Waals surface area contributed by atoms with Crippen LogP contribution < -0.4 is 5.73 Å². The van der Waals surface area contributed by atoms with Gasteiger partial charge in [-0.1, -0.05) is 42.1 Å². The third kappa shape index (κ3) is 4.12. The van der Waals surface area contributed by atoms with Crippen LogP contribution in [0.3, 0.4) is 0 Å². The van der Waals surface area contributed by atoms with Gasteiger partial charge in [-0.05, 0) is 50.1 Å². The smallest absolute Gasteiger partial charge is 0.255 e. The van der Waals surface area contributed by atoms with Crippen molar-refractivity contribution in [2.24, 2.45) is 11.7 Å². The molecule has 2 aromatic rings. The molecule has 1 saturated heterocycles. The number of likely N-dealkylation sites (tertiary alicyclic amines) is 1. The van der Waals surface area contributed by atoms with E-state index >= 15 is 0 Å². The van der Waals surface area contributed by atoms with Crippen LogP contribution in [-0.4, -0.2) is 29.9 Å². The van der Waals surface area contributed by atoms with Gasteiger partial charge in [0.25, 0.3) is 5.91 Å². The Morgan fingerprint density at radius 3 is 2.50 bits per heavy atom. The first-order valence-electron chi connectivity index (χ1n) is 8.02. The van der Waals surface area contributed by atoms with Crippen LogP contribution in [0.25, 0.3) is 0 Å². The fourth-order valence-electron chi connectivity index (χ4n) is 3.10. The molecule has 2 unspecified atom stereocenters. The standard InChI is InChI=1S/C19H22N2OS.ClH/c1-14-11-15(12-20)13-21(14)19(22)17-9-5-6-10-18(17)23-16-7-3-2-4-8-16;/h2-10,14-15H,11-13,20H2,1H3;1H. The van der Waals surface area contributed by atoms with Crippen LogP contribution in [0.15, 0.2) is 64.4 Å². The van der Waals surface area contributed by atoms with Gasteiger partial charge in [0, 0.05) is 22.4 Å². The normalized spacial score (nSPS) is 19.8. The van der Waals surface area contributed by atoms with Crippen LogP contribution >= 0.6 is 24.2 Å². The SMILES string of the molecule is CC1CC(CN)CN1C(=O)c1ccccc1Sc1ccccc1.Cl. The first kappa shape index (κ1) is 18.8. The largest absolute Gasteiger partial charge is 0.336 e. The van der Waals surface area contributed by atoms with Crippen molar-refractivity contribution in [3.63, 3.8) is 0 Å². The van der Waals surface area contributed by atoms with E-state index in [1.165, 1.54) is 0 Å². The second kappa shape index (κ2) is 8.56. The molecule has 24 heavy (non-hydrogen) atoms. The van der Waals surface area contributed by atoms with Crippen LogP contribution in [0.1, 0.15) is 23.7 Å². The van der Waals surface area contributed by atoms with E-state index in [0.29, 0.717) is 12.5 Å². The fraction of sp³-hybridized carbons (Fsp3) is 0.316. The van der Waals surface area contributed by atoms with Gasteiger partial charge >= 0.3 is 0 Å². The van der Waals surface area contributed by atoms with Gasteiger partial charge in [0.2, 0.25) is 0 Å². The highest BCUT2D eigenvalue weighted by molar-refractivity contribution is 7.99. The molecule has 0 spiro atoms. The number of nitrogens with two attached hydrogens (primary N) is 1. The van der Waals surface area contributed by atoms with Gasteiger partial charge in [0.1, 0.15) is 0 Å². The van der Waals surface area contributed by atoms with Gasteiger partial charge < -0.3 is 10.6 Å². The lowest BCUT2D eigenvalue weighted by atomic mass is 10.1. The van der Waals surface area contributed by atoms with Crippen molar-refractivity contribution in [2.45, 2.75) is 29.2 Å². The highest BCUT2D eigenvalue weighted by Crippen LogP contribution is 2.32. The van der Waals surface area contributed by atoms with E-state index < -0.39 is 0 Å². The summed E-state index contributed by atoms with van der Waals surface area (Å²) in [6.45, 7) is 3.52. The minimum Gasteiger partial charge on any atom is -0.336 e. The molecule has 0 aliphatic carbocycles. The summed E-state index contributed by atoms with van der Waals surface area (Å²) in [5.41, 5.74) is 6.57. The second-order valence-corrected chi connectivity index (χ2v) is 7.17. The number of hydrogen-bond acceptors (Lipinski definition) is 3. The van der Waals surface area contributed by atoms with Crippen molar-refractivity contribution >= 4 is 30.1 Å². The summed E-state index contributed by atoms with van der Waals surface area (Å²) in [6.07, 6.45) is 0.996. The van der Waals surface area contributed by atoms with Crippen molar-refractivity contribution in [3.05, 3.63) is 60.2 Å². The topological polar surface area (TPSA) is 46.3 Å². The molecule has 2 atom stereocenters. The maximum Gasteiger partial charge on any atom is 0.255 e. The van der Waals surface area contributed by atoms with Gasteiger partial charge in [0.05, 0.1) is 5.56 Å².